The van der Waals surface area contributed by atoms with Crippen LogP contribution in [0.4, 0.5) is 15.8 Å². The zero-order valence-corrected chi connectivity index (χ0v) is 14.3. The molecule has 7 heteroatoms. The number of sulfonamides is 1. The Bertz CT molecular complexity index is 837. The van der Waals surface area contributed by atoms with Crippen LogP contribution in [-0.2, 0) is 14.8 Å². The van der Waals surface area contributed by atoms with Crippen molar-refractivity contribution in [2.45, 2.75) is 13.3 Å². The fourth-order valence-electron chi connectivity index (χ4n) is 2.26. The monoisotopic (exact) mass is 350 g/mol. The average Bonchev–Trinajstić information content (AvgIpc) is 2.46. The maximum absolute atomic E-state index is 13.1. The summed E-state index contributed by atoms with van der Waals surface area (Å²) in [5.41, 5.74) is 1.77. The lowest BCUT2D eigenvalue weighted by atomic mass is 10.2. The second-order valence-corrected chi connectivity index (χ2v) is 7.39. The highest BCUT2D eigenvalue weighted by Crippen LogP contribution is 2.19. The molecule has 0 atom stereocenters. The number of carbonyl (C=O) groups is 1. The van der Waals surface area contributed by atoms with Crippen LogP contribution in [0, 0.1) is 12.7 Å². The number of nitrogens with one attached hydrogen (secondary N) is 1. The molecule has 0 aliphatic heterocycles. The van der Waals surface area contributed by atoms with Gasteiger partial charge in [-0.3, -0.25) is 9.10 Å². The van der Waals surface area contributed by atoms with E-state index in [-0.39, 0.29) is 18.9 Å². The Balaban J connectivity index is 2.07. The molecule has 2 rings (SSSR count). The smallest absolute Gasteiger partial charge is 0.232 e. The zero-order chi connectivity index (χ0) is 17.7. The van der Waals surface area contributed by atoms with Crippen LogP contribution < -0.4 is 9.62 Å². The van der Waals surface area contributed by atoms with E-state index in [1.54, 1.807) is 24.3 Å². The molecule has 2 aromatic carbocycles. The molecule has 0 saturated heterocycles. The summed E-state index contributed by atoms with van der Waals surface area (Å²) >= 11 is 0. The van der Waals surface area contributed by atoms with Crippen LogP contribution >= 0.6 is 0 Å². The molecule has 5 nitrogen and oxygen atoms in total. The van der Waals surface area contributed by atoms with Gasteiger partial charge >= 0.3 is 0 Å². The molecule has 0 saturated carbocycles. The first-order valence-electron chi connectivity index (χ1n) is 7.35. The van der Waals surface area contributed by atoms with Crippen LogP contribution in [0.5, 0.6) is 0 Å². The third-order valence-electron chi connectivity index (χ3n) is 3.34. The van der Waals surface area contributed by atoms with E-state index in [0.717, 1.165) is 11.8 Å². The predicted molar refractivity (Wildman–Crippen MR) is 93.0 cm³/mol. The van der Waals surface area contributed by atoms with Crippen molar-refractivity contribution >= 4 is 27.3 Å². The number of carbonyl (C=O) groups excluding carboxylic acids is 1. The predicted octanol–water partition coefficient (Wildman–Crippen LogP) is 2.93. The number of nitrogens with zero attached hydrogens (tertiary/aromatic N) is 1. The van der Waals surface area contributed by atoms with Crippen LogP contribution in [0.1, 0.15) is 12.0 Å². The molecule has 0 fully saturated rings. The van der Waals surface area contributed by atoms with Crippen LogP contribution in [0.25, 0.3) is 0 Å². The number of aryl methyl sites for hydroxylation is 1. The van der Waals surface area contributed by atoms with E-state index in [9.17, 15) is 17.6 Å². The van der Waals surface area contributed by atoms with Gasteiger partial charge in [-0.05, 0) is 42.8 Å². The molecular formula is C17H19FN2O3S. The van der Waals surface area contributed by atoms with E-state index in [2.05, 4.69) is 5.32 Å². The Morgan fingerprint density at radius 1 is 1.17 bits per heavy atom. The van der Waals surface area contributed by atoms with Crippen LogP contribution in [0.3, 0.4) is 0 Å². The lowest BCUT2D eigenvalue weighted by Gasteiger charge is -2.22. The number of hydrogen-bond acceptors (Lipinski definition) is 3. The first-order valence-corrected chi connectivity index (χ1v) is 9.20. The van der Waals surface area contributed by atoms with Gasteiger partial charge in [0, 0.05) is 18.7 Å². The zero-order valence-electron chi connectivity index (χ0n) is 13.5. The number of anilines is 2. The van der Waals surface area contributed by atoms with Crippen molar-refractivity contribution in [2.24, 2.45) is 0 Å². The molecule has 0 aliphatic carbocycles. The van der Waals surface area contributed by atoms with Crippen molar-refractivity contribution < 1.29 is 17.6 Å². The summed E-state index contributed by atoms with van der Waals surface area (Å²) in [7, 11) is -3.52. The van der Waals surface area contributed by atoms with Gasteiger partial charge in [-0.1, -0.05) is 18.2 Å². The molecule has 1 N–H and O–H groups in total. The fraction of sp³-hybridized carbons (Fsp3) is 0.235. The Morgan fingerprint density at radius 2 is 1.88 bits per heavy atom. The SMILES string of the molecule is Cc1cccc(N(CCC(=O)Nc2cccc(F)c2)S(C)(=O)=O)c1. The van der Waals surface area contributed by atoms with Gasteiger partial charge in [0.1, 0.15) is 5.82 Å². The van der Waals surface area contributed by atoms with Crippen molar-refractivity contribution in [2.75, 3.05) is 22.4 Å². The third kappa shape index (κ3) is 5.06. The van der Waals surface area contributed by atoms with Gasteiger partial charge in [0.15, 0.2) is 0 Å². The van der Waals surface area contributed by atoms with E-state index in [4.69, 9.17) is 0 Å². The van der Waals surface area contributed by atoms with Crippen molar-refractivity contribution in [3.63, 3.8) is 0 Å². The quantitative estimate of drug-likeness (QED) is 0.871. The van der Waals surface area contributed by atoms with E-state index < -0.39 is 15.8 Å². The van der Waals surface area contributed by atoms with Gasteiger partial charge in [0.05, 0.1) is 11.9 Å². The van der Waals surface area contributed by atoms with E-state index >= 15 is 0 Å². The highest BCUT2D eigenvalue weighted by molar-refractivity contribution is 7.92. The second kappa shape index (κ2) is 7.44. The highest BCUT2D eigenvalue weighted by Gasteiger charge is 2.18. The standard InChI is InChI=1S/C17H19FN2O3S/c1-13-5-3-8-16(11-13)20(24(2,22)23)10-9-17(21)19-15-7-4-6-14(18)12-15/h3-8,11-12H,9-10H2,1-2H3,(H,19,21). The molecule has 0 heterocycles. The number of hydrogen-bond donors (Lipinski definition) is 1. The van der Waals surface area contributed by atoms with Crippen molar-refractivity contribution in [1.82, 2.24) is 0 Å². The number of benzene rings is 2. The number of amides is 1. The molecule has 0 bridgehead atoms. The minimum atomic E-state index is -3.52. The highest BCUT2D eigenvalue weighted by atomic mass is 32.2. The maximum atomic E-state index is 13.1. The lowest BCUT2D eigenvalue weighted by Crippen LogP contribution is -2.33. The summed E-state index contributed by atoms with van der Waals surface area (Å²) in [5.74, 6) is -0.841. The van der Waals surface area contributed by atoms with Crippen molar-refractivity contribution in [1.29, 1.82) is 0 Å². The molecule has 0 aromatic heterocycles. The van der Waals surface area contributed by atoms with Gasteiger partial charge in [-0.25, -0.2) is 12.8 Å². The molecule has 0 radical (unpaired) electrons. The maximum Gasteiger partial charge on any atom is 0.232 e. The number of rotatable bonds is 6. The Kier molecular flexibility index (Phi) is 5.56. The van der Waals surface area contributed by atoms with Gasteiger partial charge in [0.2, 0.25) is 15.9 Å². The van der Waals surface area contributed by atoms with Crippen LogP contribution in [0.15, 0.2) is 48.5 Å². The van der Waals surface area contributed by atoms with Crippen molar-refractivity contribution in [3.8, 4) is 0 Å². The molecule has 24 heavy (non-hydrogen) atoms. The largest absolute Gasteiger partial charge is 0.326 e. The summed E-state index contributed by atoms with van der Waals surface area (Å²) in [4.78, 5) is 12.0. The number of halogens is 1. The van der Waals surface area contributed by atoms with Gasteiger partial charge in [-0.15, -0.1) is 0 Å². The third-order valence-corrected chi connectivity index (χ3v) is 4.53. The molecule has 0 aliphatic rings. The Labute approximate surface area is 141 Å². The Hall–Kier alpha value is -2.41. The minimum absolute atomic E-state index is 0.00341. The normalized spacial score (nSPS) is 11.1. The van der Waals surface area contributed by atoms with Crippen LogP contribution in [0.2, 0.25) is 0 Å². The van der Waals surface area contributed by atoms with Crippen LogP contribution in [-0.4, -0.2) is 27.1 Å². The molecule has 0 unspecified atom stereocenters. The first-order chi connectivity index (χ1) is 11.3. The second-order valence-electron chi connectivity index (χ2n) is 5.48. The summed E-state index contributed by atoms with van der Waals surface area (Å²) in [6, 6.07) is 12.6. The van der Waals surface area contributed by atoms with E-state index in [1.807, 2.05) is 13.0 Å². The summed E-state index contributed by atoms with van der Waals surface area (Å²) < 4.78 is 38.3. The fourth-order valence-corrected chi connectivity index (χ4v) is 3.18. The average molecular weight is 350 g/mol. The molecule has 1 amide bonds. The van der Waals surface area contributed by atoms with Gasteiger partial charge < -0.3 is 5.32 Å². The molecule has 2 aromatic rings. The molecular weight excluding hydrogens is 331 g/mol. The van der Waals surface area contributed by atoms with E-state index in [1.165, 1.54) is 22.5 Å². The molecule has 128 valence electrons. The molecule has 0 spiro atoms. The van der Waals surface area contributed by atoms with Crippen molar-refractivity contribution in [3.05, 3.63) is 59.9 Å². The summed E-state index contributed by atoms with van der Waals surface area (Å²) in [5, 5.41) is 2.55. The first kappa shape index (κ1) is 17.9. The minimum Gasteiger partial charge on any atom is -0.326 e. The Morgan fingerprint density at radius 3 is 2.50 bits per heavy atom. The lowest BCUT2D eigenvalue weighted by molar-refractivity contribution is -0.116. The summed E-state index contributed by atoms with van der Waals surface area (Å²) in [6.45, 7) is 1.87. The van der Waals surface area contributed by atoms with E-state index in [0.29, 0.717) is 11.4 Å². The van der Waals surface area contributed by atoms with Gasteiger partial charge in [0.25, 0.3) is 0 Å². The summed E-state index contributed by atoms with van der Waals surface area (Å²) in [6.07, 6.45) is 1.05. The topological polar surface area (TPSA) is 66.5 Å². The van der Waals surface area contributed by atoms with Gasteiger partial charge in [-0.2, -0.15) is 0 Å².